The van der Waals surface area contributed by atoms with Crippen LogP contribution >= 0.6 is 11.6 Å². The fourth-order valence-corrected chi connectivity index (χ4v) is 2.49. The maximum atomic E-state index is 5.97. The molecule has 0 fully saturated rings. The summed E-state index contributed by atoms with van der Waals surface area (Å²) in [5.74, 6) is 0. The molecule has 0 aliphatic rings. The van der Waals surface area contributed by atoms with Gasteiger partial charge in [0.15, 0.2) is 0 Å². The Labute approximate surface area is 128 Å². The smallest absolute Gasteiger partial charge is 0.0777 e. The lowest BCUT2D eigenvalue weighted by Gasteiger charge is -2.09. The minimum Gasteiger partial charge on any atom is -0.398 e. The first-order chi connectivity index (χ1) is 10.2. The van der Waals surface area contributed by atoms with Gasteiger partial charge in [0.1, 0.15) is 0 Å². The first-order valence-electron chi connectivity index (χ1n) is 6.68. The number of anilines is 1. The van der Waals surface area contributed by atoms with Gasteiger partial charge in [0.2, 0.25) is 0 Å². The van der Waals surface area contributed by atoms with Crippen LogP contribution in [0.4, 0.5) is 5.69 Å². The molecule has 0 amide bonds. The SMILES string of the molecule is Nc1ccc(COCc2cccc(Cl)c2)c2ncccc12. The molecule has 3 nitrogen and oxygen atoms in total. The maximum absolute atomic E-state index is 5.97. The normalized spacial score (nSPS) is 10.9. The van der Waals surface area contributed by atoms with E-state index in [1.807, 2.05) is 48.5 Å². The number of pyridine rings is 1. The van der Waals surface area contributed by atoms with Crippen LogP contribution < -0.4 is 5.73 Å². The predicted octanol–water partition coefficient (Wildman–Crippen LogP) is 4.19. The zero-order valence-electron chi connectivity index (χ0n) is 11.4. The molecule has 0 aliphatic carbocycles. The van der Waals surface area contributed by atoms with Crippen molar-refractivity contribution in [1.82, 2.24) is 4.98 Å². The van der Waals surface area contributed by atoms with E-state index >= 15 is 0 Å². The monoisotopic (exact) mass is 298 g/mol. The number of nitrogens with two attached hydrogens (primary N) is 1. The Kier molecular flexibility index (Phi) is 4.04. The summed E-state index contributed by atoms with van der Waals surface area (Å²) in [4.78, 5) is 4.40. The van der Waals surface area contributed by atoms with E-state index in [1.54, 1.807) is 6.20 Å². The molecule has 0 bridgehead atoms. The van der Waals surface area contributed by atoms with Crippen LogP contribution in [-0.4, -0.2) is 4.98 Å². The number of nitrogen functional groups attached to an aromatic ring is 1. The molecule has 0 unspecified atom stereocenters. The molecule has 2 N–H and O–H groups in total. The van der Waals surface area contributed by atoms with Gasteiger partial charge in [0.25, 0.3) is 0 Å². The number of hydrogen-bond donors (Lipinski definition) is 1. The molecular formula is C17H15ClN2O. The number of nitrogens with zero attached hydrogens (tertiary/aromatic N) is 1. The molecule has 106 valence electrons. The van der Waals surface area contributed by atoms with Gasteiger partial charge >= 0.3 is 0 Å². The summed E-state index contributed by atoms with van der Waals surface area (Å²) in [6, 6.07) is 15.4. The predicted molar refractivity (Wildman–Crippen MR) is 86.1 cm³/mol. The molecule has 4 heteroatoms. The van der Waals surface area contributed by atoms with Crippen molar-refractivity contribution in [2.75, 3.05) is 5.73 Å². The van der Waals surface area contributed by atoms with Crippen LogP contribution in [0.2, 0.25) is 5.02 Å². The van der Waals surface area contributed by atoms with Crippen molar-refractivity contribution in [3.8, 4) is 0 Å². The topological polar surface area (TPSA) is 48.1 Å². The summed E-state index contributed by atoms with van der Waals surface area (Å²) in [5.41, 5.74) is 9.67. The Hall–Kier alpha value is -2.10. The summed E-state index contributed by atoms with van der Waals surface area (Å²) in [7, 11) is 0. The van der Waals surface area contributed by atoms with Gasteiger partial charge in [-0.15, -0.1) is 0 Å². The van der Waals surface area contributed by atoms with Crippen LogP contribution in [0.15, 0.2) is 54.7 Å². The third-order valence-electron chi connectivity index (χ3n) is 3.30. The van der Waals surface area contributed by atoms with E-state index in [0.29, 0.717) is 13.2 Å². The molecule has 0 saturated heterocycles. The van der Waals surface area contributed by atoms with Crippen molar-refractivity contribution in [2.45, 2.75) is 13.2 Å². The fraction of sp³-hybridized carbons (Fsp3) is 0.118. The fourth-order valence-electron chi connectivity index (χ4n) is 2.28. The van der Waals surface area contributed by atoms with Crippen LogP contribution in [0.3, 0.4) is 0 Å². The van der Waals surface area contributed by atoms with E-state index in [9.17, 15) is 0 Å². The van der Waals surface area contributed by atoms with Crippen molar-refractivity contribution in [2.24, 2.45) is 0 Å². The number of rotatable bonds is 4. The van der Waals surface area contributed by atoms with Crippen molar-refractivity contribution in [3.63, 3.8) is 0 Å². The van der Waals surface area contributed by atoms with E-state index in [4.69, 9.17) is 22.1 Å². The minimum atomic E-state index is 0.486. The lowest BCUT2D eigenvalue weighted by Crippen LogP contribution is -1.98. The van der Waals surface area contributed by atoms with Crippen molar-refractivity contribution in [3.05, 3.63) is 70.9 Å². The second kappa shape index (κ2) is 6.12. The molecule has 0 aliphatic heterocycles. The number of halogens is 1. The van der Waals surface area contributed by atoms with Crippen LogP contribution in [0.25, 0.3) is 10.9 Å². The molecule has 2 aromatic carbocycles. The molecule has 0 saturated carbocycles. The average Bonchev–Trinajstić information content (AvgIpc) is 2.50. The number of benzene rings is 2. The third-order valence-corrected chi connectivity index (χ3v) is 3.54. The van der Waals surface area contributed by atoms with Gasteiger partial charge in [-0.1, -0.05) is 29.8 Å². The summed E-state index contributed by atoms with van der Waals surface area (Å²) in [6.07, 6.45) is 1.77. The van der Waals surface area contributed by atoms with Gasteiger partial charge in [-0.05, 0) is 35.9 Å². The van der Waals surface area contributed by atoms with E-state index in [2.05, 4.69) is 4.98 Å². The average molecular weight is 299 g/mol. The number of aromatic nitrogens is 1. The Morgan fingerprint density at radius 2 is 1.95 bits per heavy atom. The van der Waals surface area contributed by atoms with Gasteiger partial charge in [0, 0.05) is 27.9 Å². The summed E-state index contributed by atoms with van der Waals surface area (Å²) in [5, 5.41) is 1.68. The largest absolute Gasteiger partial charge is 0.398 e. The molecule has 1 heterocycles. The first kappa shape index (κ1) is 13.9. The lowest BCUT2D eigenvalue weighted by molar-refractivity contribution is 0.108. The van der Waals surface area contributed by atoms with Gasteiger partial charge in [-0.3, -0.25) is 4.98 Å². The quantitative estimate of drug-likeness (QED) is 0.735. The summed E-state index contributed by atoms with van der Waals surface area (Å²) < 4.78 is 5.77. The molecule has 0 radical (unpaired) electrons. The number of ether oxygens (including phenoxy) is 1. The van der Waals surface area contributed by atoms with Crippen LogP contribution in [-0.2, 0) is 18.0 Å². The highest BCUT2D eigenvalue weighted by Crippen LogP contribution is 2.23. The highest BCUT2D eigenvalue weighted by molar-refractivity contribution is 6.30. The summed E-state index contributed by atoms with van der Waals surface area (Å²) >= 11 is 5.96. The standard InChI is InChI=1S/C17H15ClN2O/c18-14-4-1-3-12(9-14)10-21-11-13-6-7-16(19)15-5-2-8-20-17(13)15/h1-9H,10-11,19H2. The van der Waals surface area contributed by atoms with Gasteiger partial charge in [0.05, 0.1) is 18.7 Å². The Morgan fingerprint density at radius 1 is 1.05 bits per heavy atom. The van der Waals surface area contributed by atoms with E-state index in [0.717, 1.165) is 32.7 Å². The van der Waals surface area contributed by atoms with Crippen LogP contribution in [0.1, 0.15) is 11.1 Å². The maximum Gasteiger partial charge on any atom is 0.0777 e. The highest BCUT2D eigenvalue weighted by Gasteiger charge is 2.05. The summed E-state index contributed by atoms with van der Waals surface area (Å²) in [6.45, 7) is 1.000. The highest BCUT2D eigenvalue weighted by atomic mass is 35.5. The number of fused-ring (bicyclic) bond motifs is 1. The molecule has 3 rings (SSSR count). The van der Waals surface area contributed by atoms with Crippen molar-refractivity contribution >= 4 is 28.2 Å². The third kappa shape index (κ3) is 3.15. The van der Waals surface area contributed by atoms with E-state index < -0.39 is 0 Å². The molecule has 3 aromatic rings. The molecular weight excluding hydrogens is 284 g/mol. The van der Waals surface area contributed by atoms with Crippen molar-refractivity contribution in [1.29, 1.82) is 0 Å². The second-order valence-electron chi connectivity index (χ2n) is 4.84. The zero-order valence-corrected chi connectivity index (χ0v) is 12.2. The van der Waals surface area contributed by atoms with Crippen LogP contribution in [0, 0.1) is 0 Å². The second-order valence-corrected chi connectivity index (χ2v) is 5.27. The zero-order chi connectivity index (χ0) is 14.7. The van der Waals surface area contributed by atoms with Gasteiger partial charge in [-0.2, -0.15) is 0 Å². The van der Waals surface area contributed by atoms with Gasteiger partial charge < -0.3 is 10.5 Å². The van der Waals surface area contributed by atoms with Crippen LogP contribution in [0.5, 0.6) is 0 Å². The van der Waals surface area contributed by atoms with E-state index in [1.165, 1.54) is 0 Å². The lowest BCUT2D eigenvalue weighted by atomic mass is 10.1. The molecule has 1 aromatic heterocycles. The van der Waals surface area contributed by atoms with Crippen molar-refractivity contribution < 1.29 is 4.74 Å². The Balaban J connectivity index is 1.75. The minimum absolute atomic E-state index is 0.486. The molecule has 0 atom stereocenters. The Morgan fingerprint density at radius 3 is 2.81 bits per heavy atom. The molecule has 0 spiro atoms. The number of hydrogen-bond acceptors (Lipinski definition) is 3. The molecule has 21 heavy (non-hydrogen) atoms. The first-order valence-corrected chi connectivity index (χ1v) is 7.06. The van der Waals surface area contributed by atoms with Gasteiger partial charge in [-0.25, -0.2) is 0 Å². The Bertz CT molecular complexity index is 774. The van der Waals surface area contributed by atoms with E-state index in [-0.39, 0.29) is 0 Å².